The number of nitrogens with one attached hydrogen (secondary N) is 3. The lowest BCUT2D eigenvalue weighted by molar-refractivity contribution is -0.142. The molecule has 0 saturated heterocycles. The van der Waals surface area contributed by atoms with Crippen LogP contribution in [0.1, 0.15) is 47.5 Å². The quantitative estimate of drug-likeness (QED) is 0.204. The third-order valence-corrected chi connectivity index (χ3v) is 5.24. The molecule has 0 aromatic heterocycles. The summed E-state index contributed by atoms with van der Waals surface area (Å²) in [7, 11) is 0. The number of carbonyl (C=O) groups is 4. The Morgan fingerprint density at radius 2 is 1.42 bits per heavy atom. The van der Waals surface area contributed by atoms with E-state index in [0.717, 1.165) is 0 Å². The lowest BCUT2D eigenvalue weighted by Gasteiger charge is -2.28. The summed E-state index contributed by atoms with van der Waals surface area (Å²) in [5, 5.41) is 26.7. The number of thioether (sulfide) groups is 1. The van der Waals surface area contributed by atoms with Gasteiger partial charge in [-0.3, -0.25) is 14.4 Å². The Labute approximate surface area is 188 Å². The van der Waals surface area contributed by atoms with Crippen molar-refractivity contribution in [1.82, 2.24) is 16.0 Å². The molecular formula is C20H38N4O6S. The Balaban J connectivity index is 5.29. The number of hydrogen-bond donors (Lipinski definition) is 6. The van der Waals surface area contributed by atoms with Crippen molar-refractivity contribution in [1.29, 1.82) is 0 Å². The van der Waals surface area contributed by atoms with Gasteiger partial charge in [-0.15, -0.1) is 0 Å². The molecule has 5 atom stereocenters. The number of rotatable bonds is 14. The van der Waals surface area contributed by atoms with E-state index in [2.05, 4.69) is 16.0 Å². The predicted octanol–water partition coefficient (Wildman–Crippen LogP) is -0.311. The van der Waals surface area contributed by atoms with Crippen LogP contribution >= 0.6 is 11.8 Å². The fourth-order valence-corrected chi connectivity index (χ4v) is 3.28. The van der Waals surface area contributed by atoms with Crippen LogP contribution in [-0.4, -0.2) is 76.2 Å². The van der Waals surface area contributed by atoms with E-state index < -0.39 is 54.0 Å². The van der Waals surface area contributed by atoms with Gasteiger partial charge in [-0.05, 0) is 43.6 Å². The summed E-state index contributed by atoms with van der Waals surface area (Å²) in [6.45, 7) is 8.53. The SMILES string of the molecule is CSCCC(NC(=O)C(NC(=O)C(NC(=O)C(N)CC(C)C)C(C)O)C(C)C)C(=O)O. The number of amides is 3. The van der Waals surface area contributed by atoms with Crippen LogP contribution in [0.15, 0.2) is 0 Å². The fraction of sp³-hybridized carbons (Fsp3) is 0.800. The van der Waals surface area contributed by atoms with Crippen LogP contribution in [0.2, 0.25) is 0 Å². The fourth-order valence-electron chi connectivity index (χ4n) is 2.81. The highest BCUT2D eigenvalue weighted by atomic mass is 32.2. The van der Waals surface area contributed by atoms with Gasteiger partial charge >= 0.3 is 5.97 Å². The molecule has 0 spiro atoms. The van der Waals surface area contributed by atoms with Crippen LogP contribution in [0.3, 0.4) is 0 Å². The molecule has 0 rings (SSSR count). The molecule has 0 saturated carbocycles. The first-order valence-electron chi connectivity index (χ1n) is 10.4. The topological polar surface area (TPSA) is 171 Å². The molecule has 0 aromatic carbocycles. The van der Waals surface area contributed by atoms with Gasteiger partial charge in [-0.25, -0.2) is 4.79 Å². The van der Waals surface area contributed by atoms with Crippen molar-refractivity contribution in [3.05, 3.63) is 0 Å². The molecule has 0 bridgehead atoms. The number of carbonyl (C=O) groups excluding carboxylic acids is 3. The molecule has 11 heteroatoms. The monoisotopic (exact) mass is 462 g/mol. The van der Waals surface area contributed by atoms with Gasteiger partial charge in [0.05, 0.1) is 12.1 Å². The lowest BCUT2D eigenvalue weighted by atomic mass is 10.0. The van der Waals surface area contributed by atoms with E-state index in [9.17, 15) is 29.4 Å². The Kier molecular flexibility index (Phi) is 13.4. The number of aliphatic hydroxyl groups excluding tert-OH is 1. The molecule has 0 heterocycles. The summed E-state index contributed by atoms with van der Waals surface area (Å²) in [6, 6.07) is -4.29. The molecule has 31 heavy (non-hydrogen) atoms. The van der Waals surface area contributed by atoms with Crippen molar-refractivity contribution >= 4 is 35.5 Å². The summed E-state index contributed by atoms with van der Waals surface area (Å²) >= 11 is 1.46. The first-order valence-corrected chi connectivity index (χ1v) is 11.8. The minimum Gasteiger partial charge on any atom is -0.480 e. The maximum Gasteiger partial charge on any atom is 0.326 e. The van der Waals surface area contributed by atoms with Crippen molar-refractivity contribution < 1.29 is 29.4 Å². The third kappa shape index (κ3) is 10.8. The average molecular weight is 463 g/mol. The molecule has 7 N–H and O–H groups in total. The van der Waals surface area contributed by atoms with Crippen LogP contribution in [0.25, 0.3) is 0 Å². The van der Waals surface area contributed by atoms with Crippen molar-refractivity contribution in [2.75, 3.05) is 12.0 Å². The van der Waals surface area contributed by atoms with Crippen LogP contribution in [0.5, 0.6) is 0 Å². The smallest absolute Gasteiger partial charge is 0.326 e. The summed E-state index contributed by atoms with van der Waals surface area (Å²) in [6.07, 6.45) is 1.24. The maximum absolute atomic E-state index is 12.7. The van der Waals surface area contributed by atoms with Gasteiger partial charge in [0.15, 0.2) is 0 Å². The van der Waals surface area contributed by atoms with Crippen molar-refractivity contribution in [3.63, 3.8) is 0 Å². The molecule has 0 fully saturated rings. The first-order chi connectivity index (χ1) is 14.3. The van der Waals surface area contributed by atoms with E-state index in [1.165, 1.54) is 18.7 Å². The van der Waals surface area contributed by atoms with E-state index in [0.29, 0.717) is 12.2 Å². The summed E-state index contributed by atoms with van der Waals surface area (Å²) in [5.74, 6) is -2.81. The molecule has 0 radical (unpaired) electrons. The molecule has 0 aliphatic heterocycles. The van der Waals surface area contributed by atoms with E-state index >= 15 is 0 Å². The van der Waals surface area contributed by atoms with Crippen LogP contribution in [0, 0.1) is 11.8 Å². The highest BCUT2D eigenvalue weighted by molar-refractivity contribution is 7.98. The van der Waals surface area contributed by atoms with Crippen LogP contribution in [-0.2, 0) is 19.2 Å². The van der Waals surface area contributed by atoms with Gasteiger partial charge in [-0.1, -0.05) is 27.7 Å². The summed E-state index contributed by atoms with van der Waals surface area (Å²) in [5.41, 5.74) is 5.84. The standard InChI is InChI=1S/C20H38N4O6S/c1-10(2)9-13(21)17(26)24-16(12(5)25)19(28)23-15(11(3)4)18(27)22-14(20(29)30)7-8-31-6/h10-16,25H,7-9,21H2,1-6H3,(H,22,27)(H,23,28)(H,24,26)(H,29,30). The molecular weight excluding hydrogens is 424 g/mol. The molecule has 3 amide bonds. The van der Waals surface area contributed by atoms with E-state index in [1.807, 2.05) is 20.1 Å². The lowest BCUT2D eigenvalue weighted by Crippen LogP contribution is -2.60. The average Bonchev–Trinajstić information content (AvgIpc) is 2.65. The number of carboxylic acids is 1. The van der Waals surface area contributed by atoms with Gasteiger partial charge in [0.2, 0.25) is 17.7 Å². The summed E-state index contributed by atoms with van der Waals surface area (Å²) in [4.78, 5) is 49.1. The Morgan fingerprint density at radius 3 is 1.84 bits per heavy atom. The second-order valence-electron chi connectivity index (χ2n) is 8.37. The molecule has 0 aromatic rings. The van der Waals surface area contributed by atoms with Crippen molar-refractivity contribution in [3.8, 4) is 0 Å². The van der Waals surface area contributed by atoms with Crippen LogP contribution < -0.4 is 21.7 Å². The summed E-state index contributed by atoms with van der Waals surface area (Å²) < 4.78 is 0. The zero-order chi connectivity index (χ0) is 24.3. The number of nitrogens with two attached hydrogens (primary N) is 1. The molecule has 0 aliphatic carbocycles. The van der Waals surface area contributed by atoms with E-state index in [-0.39, 0.29) is 18.3 Å². The molecule has 0 aliphatic rings. The number of aliphatic hydroxyl groups is 1. The zero-order valence-electron chi connectivity index (χ0n) is 19.2. The van der Waals surface area contributed by atoms with Gasteiger partial charge in [0, 0.05) is 0 Å². The van der Waals surface area contributed by atoms with Gasteiger partial charge in [0.25, 0.3) is 0 Å². The first kappa shape index (κ1) is 29.1. The largest absolute Gasteiger partial charge is 0.480 e. The van der Waals surface area contributed by atoms with Crippen molar-refractivity contribution in [2.45, 2.75) is 77.7 Å². The predicted molar refractivity (Wildman–Crippen MR) is 120 cm³/mol. The number of hydrogen-bond acceptors (Lipinski definition) is 7. The zero-order valence-corrected chi connectivity index (χ0v) is 20.0. The molecule has 10 nitrogen and oxygen atoms in total. The Bertz CT molecular complexity index is 614. The highest BCUT2D eigenvalue weighted by Crippen LogP contribution is 2.08. The maximum atomic E-state index is 12.7. The normalized spacial score (nSPS) is 16.2. The molecule has 180 valence electrons. The Morgan fingerprint density at radius 1 is 0.903 bits per heavy atom. The highest BCUT2D eigenvalue weighted by Gasteiger charge is 2.33. The van der Waals surface area contributed by atoms with Crippen LogP contribution in [0.4, 0.5) is 0 Å². The van der Waals surface area contributed by atoms with E-state index in [4.69, 9.17) is 5.73 Å². The number of aliphatic carboxylic acids is 1. The van der Waals surface area contributed by atoms with Gasteiger partial charge in [0.1, 0.15) is 18.1 Å². The van der Waals surface area contributed by atoms with Crippen molar-refractivity contribution in [2.24, 2.45) is 17.6 Å². The molecule has 5 unspecified atom stereocenters. The second kappa shape index (κ2) is 14.3. The van der Waals surface area contributed by atoms with Gasteiger partial charge < -0.3 is 31.9 Å². The third-order valence-electron chi connectivity index (χ3n) is 4.60. The minimum atomic E-state index is -1.31. The number of carboxylic acid groups (broad SMARTS) is 1. The second-order valence-corrected chi connectivity index (χ2v) is 9.36. The minimum absolute atomic E-state index is 0.168. The van der Waals surface area contributed by atoms with Gasteiger partial charge in [-0.2, -0.15) is 11.8 Å². The van der Waals surface area contributed by atoms with E-state index in [1.54, 1.807) is 13.8 Å². The Hall–Kier alpha value is -1.85.